The van der Waals surface area contributed by atoms with E-state index >= 15 is 0 Å². The SMILES string of the molecule is CCNc1cc(OC2CCCCCC2)nc(C2CC2)n1. The Morgan fingerprint density at radius 2 is 1.85 bits per heavy atom. The number of rotatable bonds is 5. The number of anilines is 1. The monoisotopic (exact) mass is 275 g/mol. The van der Waals surface area contributed by atoms with Gasteiger partial charge in [0.1, 0.15) is 17.7 Å². The number of nitrogens with zero attached hydrogens (tertiary/aromatic N) is 2. The highest BCUT2D eigenvalue weighted by Crippen LogP contribution is 2.39. The van der Waals surface area contributed by atoms with Gasteiger partial charge in [0.25, 0.3) is 0 Å². The third-order valence-electron chi connectivity index (χ3n) is 4.11. The minimum Gasteiger partial charge on any atom is -0.474 e. The van der Waals surface area contributed by atoms with E-state index in [0.717, 1.165) is 24.1 Å². The fourth-order valence-corrected chi connectivity index (χ4v) is 2.83. The van der Waals surface area contributed by atoms with E-state index in [0.29, 0.717) is 12.0 Å². The molecule has 3 rings (SSSR count). The van der Waals surface area contributed by atoms with Gasteiger partial charge in [0, 0.05) is 18.5 Å². The summed E-state index contributed by atoms with van der Waals surface area (Å²) in [6.07, 6.45) is 10.4. The first-order chi connectivity index (χ1) is 9.85. The molecule has 1 aromatic heterocycles. The Morgan fingerprint density at radius 3 is 2.50 bits per heavy atom. The number of ether oxygens (including phenoxy) is 1. The van der Waals surface area contributed by atoms with Crippen LogP contribution in [0.25, 0.3) is 0 Å². The van der Waals surface area contributed by atoms with Crippen LogP contribution in [0.4, 0.5) is 5.82 Å². The van der Waals surface area contributed by atoms with Crippen LogP contribution in [0, 0.1) is 0 Å². The molecule has 1 heterocycles. The Labute approximate surface area is 121 Å². The van der Waals surface area contributed by atoms with Crippen LogP contribution in [-0.2, 0) is 0 Å². The van der Waals surface area contributed by atoms with E-state index in [2.05, 4.69) is 22.2 Å². The molecule has 0 aliphatic heterocycles. The van der Waals surface area contributed by atoms with Crippen molar-refractivity contribution in [2.24, 2.45) is 0 Å². The Morgan fingerprint density at radius 1 is 1.10 bits per heavy atom. The molecular weight excluding hydrogens is 250 g/mol. The van der Waals surface area contributed by atoms with Gasteiger partial charge in [-0.25, -0.2) is 4.98 Å². The zero-order valence-electron chi connectivity index (χ0n) is 12.4. The Bertz CT molecular complexity index is 437. The second-order valence-electron chi connectivity index (χ2n) is 5.99. The second-order valence-corrected chi connectivity index (χ2v) is 5.99. The van der Waals surface area contributed by atoms with Crippen molar-refractivity contribution in [2.75, 3.05) is 11.9 Å². The molecule has 0 bridgehead atoms. The van der Waals surface area contributed by atoms with Gasteiger partial charge in [0.15, 0.2) is 0 Å². The normalized spacial score (nSPS) is 20.4. The molecule has 1 N–H and O–H groups in total. The zero-order valence-corrected chi connectivity index (χ0v) is 12.4. The van der Waals surface area contributed by atoms with Crippen molar-refractivity contribution in [3.05, 3.63) is 11.9 Å². The minimum absolute atomic E-state index is 0.342. The number of hydrogen-bond donors (Lipinski definition) is 1. The van der Waals surface area contributed by atoms with Gasteiger partial charge in [-0.15, -0.1) is 0 Å². The van der Waals surface area contributed by atoms with Gasteiger partial charge >= 0.3 is 0 Å². The van der Waals surface area contributed by atoms with E-state index in [-0.39, 0.29) is 0 Å². The number of aromatic nitrogens is 2. The molecule has 0 aromatic carbocycles. The summed E-state index contributed by atoms with van der Waals surface area (Å²) in [7, 11) is 0. The summed E-state index contributed by atoms with van der Waals surface area (Å²) in [6.45, 7) is 2.97. The standard InChI is InChI=1S/C16H25N3O/c1-2-17-14-11-15(19-16(18-14)12-9-10-12)20-13-7-5-3-4-6-8-13/h11-13H,2-10H2,1H3,(H,17,18,19). The van der Waals surface area contributed by atoms with Gasteiger partial charge in [-0.05, 0) is 45.4 Å². The molecule has 2 saturated carbocycles. The van der Waals surface area contributed by atoms with Crippen LogP contribution in [0.3, 0.4) is 0 Å². The largest absolute Gasteiger partial charge is 0.474 e. The highest BCUT2D eigenvalue weighted by atomic mass is 16.5. The molecule has 2 aliphatic rings. The van der Waals surface area contributed by atoms with Crippen molar-refractivity contribution in [2.45, 2.75) is 70.3 Å². The summed E-state index contributed by atoms with van der Waals surface area (Å²) < 4.78 is 6.15. The molecule has 0 saturated heterocycles. The van der Waals surface area contributed by atoms with Crippen LogP contribution in [-0.4, -0.2) is 22.6 Å². The first kappa shape index (κ1) is 13.7. The third kappa shape index (κ3) is 3.62. The molecule has 0 atom stereocenters. The van der Waals surface area contributed by atoms with E-state index in [1.807, 2.05) is 6.07 Å². The average Bonchev–Trinajstić information content (AvgIpc) is 3.27. The van der Waals surface area contributed by atoms with Crippen molar-refractivity contribution in [1.82, 2.24) is 9.97 Å². The van der Waals surface area contributed by atoms with Gasteiger partial charge in [-0.1, -0.05) is 12.8 Å². The highest BCUT2D eigenvalue weighted by Gasteiger charge is 2.28. The third-order valence-corrected chi connectivity index (χ3v) is 4.11. The summed E-state index contributed by atoms with van der Waals surface area (Å²) >= 11 is 0. The lowest BCUT2D eigenvalue weighted by Gasteiger charge is -2.17. The van der Waals surface area contributed by atoms with E-state index in [1.165, 1.54) is 51.4 Å². The predicted octanol–water partition coefficient (Wildman–Crippen LogP) is 3.89. The molecule has 2 fully saturated rings. The second kappa shape index (κ2) is 6.42. The van der Waals surface area contributed by atoms with Gasteiger partial charge in [-0.3, -0.25) is 0 Å². The Balaban J connectivity index is 1.72. The summed E-state index contributed by atoms with van der Waals surface area (Å²) in [5.41, 5.74) is 0. The lowest BCUT2D eigenvalue weighted by atomic mass is 10.1. The van der Waals surface area contributed by atoms with Crippen molar-refractivity contribution in [3.63, 3.8) is 0 Å². The van der Waals surface area contributed by atoms with Gasteiger partial charge in [0.05, 0.1) is 0 Å². The van der Waals surface area contributed by atoms with Gasteiger partial charge in [-0.2, -0.15) is 4.98 Å². The van der Waals surface area contributed by atoms with Gasteiger partial charge in [0.2, 0.25) is 5.88 Å². The van der Waals surface area contributed by atoms with Crippen LogP contribution in [0.15, 0.2) is 6.07 Å². The summed E-state index contributed by atoms with van der Waals surface area (Å²) in [5.74, 6) is 3.20. The maximum absolute atomic E-state index is 6.15. The van der Waals surface area contributed by atoms with Crippen molar-refractivity contribution in [1.29, 1.82) is 0 Å². The fraction of sp³-hybridized carbons (Fsp3) is 0.750. The van der Waals surface area contributed by atoms with Crippen LogP contribution in [0.5, 0.6) is 5.88 Å². The maximum Gasteiger partial charge on any atom is 0.219 e. The minimum atomic E-state index is 0.342. The lowest BCUT2D eigenvalue weighted by molar-refractivity contribution is 0.175. The zero-order chi connectivity index (χ0) is 13.8. The molecule has 1 aromatic rings. The first-order valence-corrected chi connectivity index (χ1v) is 8.14. The number of hydrogen-bond acceptors (Lipinski definition) is 4. The van der Waals surface area contributed by atoms with E-state index in [4.69, 9.17) is 4.74 Å². The topological polar surface area (TPSA) is 47.0 Å². The maximum atomic E-state index is 6.15. The molecule has 4 heteroatoms. The lowest BCUT2D eigenvalue weighted by Crippen LogP contribution is -2.17. The Hall–Kier alpha value is -1.32. The first-order valence-electron chi connectivity index (χ1n) is 8.14. The average molecular weight is 275 g/mol. The summed E-state index contributed by atoms with van der Waals surface area (Å²) in [4.78, 5) is 9.22. The van der Waals surface area contributed by atoms with E-state index in [1.54, 1.807) is 0 Å². The summed E-state index contributed by atoms with van der Waals surface area (Å²) in [5, 5.41) is 3.29. The Kier molecular flexibility index (Phi) is 4.38. The fourth-order valence-electron chi connectivity index (χ4n) is 2.83. The molecule has 0 spiro atoms. The van der Waals surface area contributed by atoms with Gasteiger partial charge < -0.3 is 10.1 Å². The van der Waals surface area contributed by atoms with Crippen molar-refractivity contribution in [3.8, 4) is 5.88 Å². The van der Waals surface area contributed by atoms with Crippen molar-refractivity contribution < 1.29 is 4.74 Å². The smallest absolute Gasteiger partial charge is 0.219 e. The summed E-state index contributed by atoms with van der Waals surface area (Å²) in [6, 6.07) is 1.96. The molecule has 0 radical (unpaired) electrons. The molecular formula is C16H25N3O. The molecule has 0 amide bonds. The van der Waals surface area contributed by atoms with Crippen LogP contribution in [0.1, 0.15) is 70.0 Å². The van der Waals surface area contributed by atoms with E-state index < -0.39 is 0 Å². The molecule has 20 heavy (non-hydrogen) atoms. The molecule has 0 unspecified atom stereocenters. The van der Waals surface area contributed by atoms with Crippen LogP contribution >= 0.6 is 0 Å². The van der Waals surface area contributed by atoms with Crippen molar-refractivity contribution >= 4 is 5.82 Å². The molecule has 4 nitrogen and oxygen atoms in total. The van der Waals surface area contributed by atoms with E-state index in [9.17, 15) is 0 Å². The van der Waals surface area contributed by atoms with Crippen LogP contribution < -0.4 is 10.1 Å². The van der Waals surface area contributed by atoms with Crippen LogP contribution in [0.2, 0.25) is 0 Å². The quantitative estimate of drug-likeness (QED) is 0.828. The number of nitrogens with one attached hydrogen (secondary N) is 1. The molecule has 2 aliphatic carbocycles. The highest BCUT2D eigenvalue weighted by molar-refractivity contribution is 5.39. The molecule has 110 valence electrons. The predicted molar refractivity (Wildman–Crippen MR) is 80.3 cm³/mol.